The first-order valence-corrected chi connectivity index (χ1v) is 6.84. The average Bonchev–Trinajstić information content (AvgIpc) is 2.64. The van der Waals surface area contributed by atoms with Gasteiger partial charge in [-0.1, -0.05) is 36.1 Å². The summed E-state index contributed by atoms with van der Waals surface area (Å²) in [5.74, 6) is -1.12. The highest BCUT2D eigenvalue weighted by Crippen LogP contribution is 2.32. The van der Waals surface area contributed by atoms with Gasteiger partial charge in [0.25, 0.3) is 5.91 Å². The van der Waals surface area contributed by atoms with Gasteiger partial charge < -0.3 is 5.11 Å². The summed E-state index contributed by atoms with van der Waals surface area (Å²) in [5.41, 5.74) is 0.872. The number of thioether (sulfide) groups is 1. The van der Waals surface area contributed by atoms with Gasteiger partial charge in [0.15, 0.2) is 0 Å². The molecule has 19 heavy (non-hydrogen) atoms. The number of carbonyl (C=O) groups is 2. The third-order valence-corrected chi connectivity index (χ3v) is 4.00. The molecule has 2 rings (SSSR count). The molecule has 0 bridgehead atoms. The molecule has 0 saturated carbocycles. The number of carboxylic acid groups (broad SMARTS) is 1. The lowest BCUT2D eigenvalue weighted by Crippen LogP contribution is -2.27. The Hall–Kier alpha value is -1.66. The zero-order valence-electron chi connectivity index (χ0n) is 10.1. The highest BCUT2D eigenvalue weighted by atomic mass is 32.2. The van der Waals surface area contributed by atoms with Crippen molar-refractivity contribution in [1.82, 2.24) is 4.90 Å². The van der Waals surface area contributed by atoms with Crippen molar-refractivity contribution >= 4 is 46.3 Å². The number of hydrogen-bond acceptors (Lipinski definition) is 4. The Morgan fingerprint density at radius 1 is 1.53 bits per heavy atom. The second-order valence-corrected chi connectivity index (χ2v) is 5.53. The van der Waals surface area contributed by atoms with Gasteiger partial charge in [-0.15, -0.1) is 0 Å². The van der Waals surface area contributed by atoms with Gasteiger partial charge in [0, 0.05) is 6.54 Å². The zero-order chi connectivity index (χ0) is 14.0. The first kappa shape index (κ1) is 13.8. The monoisotopic (exact) mass is 293 g/mol. The molecule has 1 fully saturated rings. The van der Waals surface area contributed by atoms with Crippen LogP contribution in [0.2, 0.25) is 0 Å². The predicted molar refractivity (Wildman–Crippen MR) is 79.0 cm³/mol. The van der Waals surface area contributed by atoms with Crippen molar-refractivity contribution in [3.8, 4) is 0 Å². The molecular formula is C13H11NO3S2. The summed E-state index contributed by atoms with van der Waals surface area (Å²) < 4.78 is 0.535. The number of carboxylic acids is 1. The van der Waals surface area contributed by atoms with Crippen LogP contribution in [0.25, 0.3) is 6.08 Å². The lowest BCUT2D eigenvalue weighted by atomic mass is 10.1. The Bertz CT molecular complexity index is 595. The van der Waals surface area contributed by atoms with E-state index < -0.39 is 5.97 Å². The van der Waals surface area contributed by atoms with E-state index in [1.54, 1.807) is 18.2 Å². The Labute approximate surface area is 120 Å². The quantitative estimate of drug-likeness (QED) is 0.686. The number of rotatable bonds is 3. The van der Waals surface area contributed by atoms with Crippen LogP contribution < -0.4 is 0 Å². The minimum absolute atomic E-state index is 0.127. The van der Waals surface area contributed by atoms with Crippen molar-refractivity contribution < 1.29 is 14.7 Å². The lowest BCUT2D eigenvalue weighted by Gasteiger charge is -2.09. The van der Waals surface area contributed by atoms with Crippen LogP contribution >= 0.6 is 24.0 Å². The number of aromatic carboxylic acids is 1. The first-order valence-electron chi connectivity index (χ1n) is 5.61. The number of hydrogen-bond donors (Lipinski definition) is 1. The van der Waals surface area contributed by atoms with E-state index >= 15 is 0 Å². The molecule has 0 aromatic heterocycles. The van der Waals surface area contributed by atoms with Crippen molar-refractivity contribution in [2.45, 2.75) is 6.92 Å². The fourth-order valence-corrected chi connectivity index (χ4v) is 3.07. The second-order valence-electron chi connectivity index (χ2n) is 3.86. The van der Waals surface area contributed by atoms with E-state index in [4.69, 9.17) is 17.3 Å². The lowest BCUT2D eigenvalue weighted by molar-refractivity contribution is -0.121. The average molecular weight is 293 g/mol. The largest absolute Gasteiger partial charge is 0.478 e. The van der Waals surface area contributed by atoms with E-state index in [9.17, 15) is 9.59 Å². The SMILES string of the molecule is CCN1C(=O)C(=Cc2cccc(C(=O)O)c2)SC1=S. The summed E-state index contributed by atoms with van der Waals surface area (Å²) in [6.45, 7) is 2.40. The maximum Gasteiger partial charge on any atom is 0.335 e. The Morgan fingerprint density at radius 3 is 2.84 bits per heavy atom. The van der Waals surface area contributed by atoms with Crippen LogP contribution in [-0.4, -0.2) is 32.7 Å². The summed E-state index contributed by atoms with van der Waals surface area (Å²) in [4.78, 5) is 24.9. The van der Waals surface area contributed by atoms with Gasteiger partial charge >= 0.3 is 5.97 Å². The minimum atomic E-state index is -0.989. The van der Waals surface area contributed by atoms with E-state index in [1.807, 2.05) is 6.92 Å². The van der Waals surface area contributed by atoms with Crippen LogP contribution in [0.1, 0.15) is 22.8 Å². The molecule has 98 valence electrons. The number of benzene rings is 1. The van der Waals surface area contributed by atoms with Gasteiger partial charge in [-0.3, -0.25) is 9.69 Å². The Kier molecular flexibility index (Phi) is 4.01. The molecule has 6 heteroatoms. The van der Waals surface area contributed by atoms with Crippen molar-refractivity contribution in [3.05, 3.63) is 40.3 Å². The van der Waals surface area contributed by atoms with E-state index in [0.717, 1.165) is 0 Å². The molecule has 1 aliphatic rings. The van der Waals surface area contributed by atoms with E-state index in [2.05, 4.69) is 0 Å². The highest BCUT2D eigenvalue weighted by molar-refractivity contribution is 8.26. The van der Waals surface area contributed by atoms with Gasteiger partial charge in [-0.25, -0.2) is 4.79 Å². The summed E-state index contributed by atoms with van der Waals surface area (Å²) in [6, 6.07) is 6.44. The van der Waals surface area contributed by atoms with Gasteiger partial charge in [-0.2, -0.15) is 0 Å². The van der Waals surface area contributed by atoms with Gasteiger partial charge in [0.05, 0.1) is 10.5 Å². The normalized spacial score (nSPS) is 17.3. The number of nitrogens with zero attached hydrogens (tertiary/aromatic N) is 1. The van der Waals surface area contributed by atoms with Crippen molar-refractivity contribution in [3.63, 3.8) is 0 Å². The van der Waals surface area contributed by atoms with Crippen LogP contribution in [0, 0.1) is 0 Å². The molecule has 1 aromatic rings. The third kappa shape index (κ3) is 2.85. The summed E-state index contributed by atoms with van der Waals surface area (Å²) in [5, 5.41) is 8.92. The molecule has 0 unspecified atom stereocenters. The molecule has 1 N–H and O–H groups in total. The summed E-state index contributed by atoms with van der Waals surface area (Å²) in [6.07, 6.45) is 1.67. The molecule has 0 aliphatic carbocycles. The zero-order valence-corrected chi connectivity index (χ0v) is 11.8. The van der Waals surface area contributed by atoms with Gasteiger partial charge in [-0.05, 0) is 30.7 Å². The summed E-state index contributed by atoms with van der Waals surface area (Å²) in [7, 11) is 0. The van der Waals surface area contributed by atoms with E-state index in [1.165, 1.54) is 28.8 Å². The second kappa shape index (κ2) is 5.54. The molecule has 0 spiro atoms. The van der Waals surface area contributed by atoms with Crippen molar-refractivity contribution in [2.75, 3.05) is 6.54 Å². The maximum absolute atomic E-state index is 12.0. The number of likely N-dealkylation sites (N-methyl/N-ethyl adjacent to an activating group) is 1. The maximum atomic E-state index is 12.0. The van der Waals surface area contributed by atoms with E-state index in [-0.39, 0.29) is 11.5 Å². The van der Waals surface area contributed by atoms with Gasteiger partial charge in [0.2, 0.25) is 0 Å². The highest BCUT2D eigenvalue weighted by Gasteiger charge is 2.30. The molecular weight excluding hydrogens is 282 g/mol. The fourth-order valence-electron chi connectivity index (χ4n) is 1.69. The van der Waals surface area contributed by atoms with Gasteiger partial charge in [0.1, 0.15) is 4.32 Å². The fraction of sp³-hybridized carbons (Fsp3) is 0.154. The molecule has 1 saturated heterocycles. The molecule has 4 nitrogen and oxygen atoms in total. The standard InChI is InChI=1S/C13H11NO3S2/c1-2-14-11(15)10(19-13(14)18)7-8-4-3-5-9(6-8)12(16)17/h3-7H,2H2,1H3,(H,16,17). The molecule has 1 aromatic carbocycles. The van der Waals surface area contributed by atoms with Crippen LogP contribution in [0.4, 0.5) is 0 Å². The first-order chi connectivity index (χ1) is 9.02. The van der Waals surface area contributed by atoms with Crippen LogP contribution in [0.5, 0.6) is 0 Å². The Balaban J connectivity index is 2.32. The molecule has 0 atom stereocenters. The van der Waals surface area contributed by atoms with Crippen LogP contribution in [0.15, 0.2) is 29.2 Å². The number of thiocarbonyl (C=S) groups is 1. The van der Waals surface area contributed by atoms with E-state index in [0.29, 0.717) is 21.3 Å². The smallest absolute Gasteiger partial charge is 0.335 e. The predicted octanol–water partition coefficient (Wildman–Crippen LogP) is 2.61. The molecule has 1 heterocycles. The molecule has 1 aliphatic heterocycles. The Morgan fingerprint density at radius 2 is 2.26 bits per heavy atom. The summed E-state index contributed by atoms with van der Waals surface area (Å²) >= 11 is 6.35. The topological polar surface area (TPSA) is 57.6 Å². The number of amides is 1. The van der Waals surface area contributed by atoms with Crippen LogP contribution in [0.3, 0.4) is 0 Å². The van der Waals surface area contributed by atoms with Crippen molar-refractivity contribution in [2.24, 2.45) is 0 Å². The van der Waals surface area contributed by atoms with Crippen molar-refractivity contribution in [1.29, 1.82) is 0 Å². The molecule has 1 amide bonds. The molecule has 0 radical (unpaired) electrons. The number of carbonyl (C=O) groups excluding carboxylic acids is 1. The minimum Gasteiger partial charge on any atom is -0.478 e. The third-order valence-electron chi connectivity index (χ3n) is 2.62. The van der Waals surface area contributed by atoms with Crippen LogP contribution in [-0.2, 0) is 4.79 Å².